The smallest absolute Gasteiger partial charge is 0.227 e. The Balaban J connectivity index is 1.64. The first kappa shape index (κ1) is 28.3. The topological polar surface area (TPSA) is 77.1 Å². The van der Waals surface area contributed by atoms with Crippen molar-refractivity contribution in [3.05, 3.63) is 89.1 Å². The molecule has 3 aromatic rings. The number of carbonyl (C=O) groups excluding carboxylic acids is 2. The Hall–Kier alpha value is -4.26. The maximum atomic E-state index is 14.2. The number of hydrogen-bond acceptors (Lipinski definition) is 6. The van der Waals surface area contributed by atoms with Crippen molar-refractivity contribution in [2.24, 2.45) is 0 Å². The van der Waals surface area contributed by atoms with Crippen molar-refractivity contribution in [2.45, 2.75) is 57.4 Å². The molecule has 0 aromatic heterocycles. The summed E-state index contributed by atoms with van der Waals surface area (Å²) in [6.45, 7) is 2.13. The number of ether oxygens (including phenoxy) is 3. The van der Waals surface area contributed by atoms with Crippen molar-refractivity contribution in [1.82, 2.24) is 0 Å². The normalized spacial score (nSPS) is 18.1. The van der Waals surface area contributed by atoms with Crippen LogP contribution in [0.3, 0.4) is 0 Å². The first-order chi connectivity index (χ1) is 20.0. The lowest BCUT2D eigenvalue weighted by Crippen LogP contribution is -2.38. The summed E-state index contributed by atoms with van der Waals surface area (Å²) >= 11 is 0. The van der Waals surface area contributed by atoms with Crippen LogP contribution in [0.25, 0.3) is 0 Å². The van der Waals surface area contributed by atoms with Crippen LogP contribution in [-0.4, -0.2) is 33.0 Å². The zero-order valence-electron chi connectivity index (χ0n) is 24.2. The van der Waals surface area contributed by atoms with Gasteiger partial charge >= 0.3 is 0 Å². The fourth-order valence-electron chi connectivity index (χ4n) is 5.96. The first-order valence-corrected chi connectivity index (χ1v) is 14.3. The van der Waals surface area contributed by atoms with E-state index in [0.29, 0.717) is 36.3 Å². The molecule has 2 unspecified atom stereocenters. The van der Waals surface area contributed by atoms with Crippen LogP contribution in [0.2, 0.25) is 0 Å². The van der Waals surface area contributed by atoms with Crippen molar-refractivity contribution < 1.29 is 23.8 Å². The van der Waals surface area contributed by atoms with Crippen LogP contribution in [0.4, 0.5) is 11.4 Å². The lowest BCUT2D eigenvalue weighted by atomic mass is 9.78. The second-order valence-electron chi connectivity index (χ2n) is 10.6. The molecule has 1 aliphatic heterocycles. The molecule has 0 radical (unpaired) electrons. The largest absolute Gasteiger partial charge is 0.497 e. The van der Waals surface area contributed by atoms with Gasteiger partial charge in [-0.2, -0.15) is 0 Å². The summed E-state index contributed by atoms with van der Waals surface area (Å²) in [5.41, 5.74) is 4.97. The van der Waals surface area contributed by atoms with Crippen LogP contribution in [0.1, 0.15) is 68.5 Å². The zero-order chi connectivity index (χ0) is 28.9. The van der Waals surface area contributed by atoms with Gasteiger partial charge < -0.3 is 19.5 Å². The molecule has 3 aromatic carbocycles. The van der Waals surface area contributed by atoms with Crippen molar-refractivity contribution in [3.63, 3.8) is 0 Å². The van der Waals surface area contributed by atoms with Crippen LogP contribution in [0.5, 0.6) is 17.2 Å². The molecule has 5 rings (SSSR count). The molecular weight excluding hydrogens is 516 g/mol. The number of anilines is 2. The van der Waals surface area contributed by atoms with Crippen molar-refractivity contribution in [3.8, 4) is 17.2 Å². The molecule has 0 fully saturated rings. The quantitative estimate of drug-likeness (QED) is 0.282. The number of amides is 1. The summed E-state index contributed by atoms with van der Waals surface area (Å²) in [7, 11) is 4.86. The van der Waals surface area contributed by atoms with Gasteiger partial charge in [0, 0.05) is 24.1 Å². The molecule has 1 aliphatic carbocycles. The average Bonchev–Trinajstić information content (AvgIpc) is 3.15. The minimum Gasteiger partial charge on any atom is -0.497 e. The number of ketones is 1. The number of unbranched alkanes of at least 4 members (excludes halogenated alkanes) is 2. The molecule has 2 aliphatic rings. The molecule has 214 valence electrons. The van der Waals surface area contributed by atoms with Gasteiger partial charge in [0.15, 0.2) is 17.3 Å². The Kier molecular flexibility index (Phi) is 8.62. The van der Waals surface area contributed by atoms with Gasteiger partial charge in [-0.15, -0.1) is 0 Å². The number of nitrogens with one attached hydrogen (secondary N) is 1. The minimum atomic E-state index is -0.556. The monoisotopic (exact) mass is 554 g/mol. The zero-order valence-corrected chi connectivity index (χ0v) is 24.2. The second-order valence-corrected chi connectivity index (χ2v) is 10.6. The molecular formula is C34H38N2O5. The first-order valence-electron chi connectivity index (χ1n) is 14.3. The third-order valence-electron chi connectivity index (χ3n) is 8.06. The molecule has 0 spiro atoms. The Morgan fingerprint density at radius 3 is 2.32 bits per heavy atom. The molecule has 1 amide bonds. The number of nitrogens with zero attached hydrogens (tertiary/aromatic N) is 1. The summed E-state index contributed by atoms with van der Waals surface area (Å²) in [6, 6.07) is 20.8. The number of fused-ring (bicyclic) bond motifs is 1. The van der Waals surface area contributed by atoms with Crippen LogP contribution in [0.15, 0.2) is 78.0 Å². The number of para-hydroxylation sites is 2. The van der Waals surface area contributed by atoms with Gasteiger partial charge in [-0.05, 0) is 66.3 Å². The van der Waals surface area contributed by atoms with E-state index in [2.05, 4.69) is 12.2 Å². The van der Waals surface area contributed by atoms with Crippen molar-refractivity contribution >= 4 is 23.1 Å². The number of rotatable bonds is 9. The van der Waals surface area contributed by atoms with E-state index >= 15 is 0 Å². The van der Waals surface area contributed by atoms with Gasteiger partial charge in [0.2, 0.25) is 5.91 Å². The van der Waals surface area contributed by atoms with Crippen molar-refractivity contribution in [1.29, 1.82) is 0 Å². The highest BCUT2D eigenvalue weighted by molar-refractivity contribution is 6.06. The standard InChI is InChI=1S/C34H38N2O5/c1-5-6-7-12-32(38)36-28-11-9-8-10-26(28)35-27-19-24(23-15-18-30(40-3)31(21-23)41-4)20-29(37)33(27)34(36)22-13-16-25(39-2)17-14-22/h8-11,13-18,21,24,34-35H,5-7,12,19-20H2,1-4H3. The Morgan fingerprint density at radius 1 is 0.878 bits per heavy atom. The Labute approximate surface area is 242 Å². The number of Topliss-reactive ketones (excluding diaryl/α,β-unsaturated/α-hetero) is 1. The van der Waals surface area contributed by atoms with E-state index < -0.39 is 6.04 Å². The highest BCUT2D eigenvalue weighted by atomic mass is 16.5. The third kappa shape index (κ3) is 5.67. The highest BCUT2D eigenvalue weighted by Gasteiger charge is 2.41. The van der Waals surface area contributed by atoms with Gasteiger partial charge in [-0.1, -0.05) is 50.1 Å². The minimum absolute atomic E-state index is 0.0112. The van der Waals surface area contributed by atoms with Crippen molar-refractivity contribution in [2.75, 3.05) is 31.5 Å². The lowest BCUT2D eigenvalue weighted by Gasteiger charge is -2.35. The van der Waals surface area contributed by atoms with E-state index in [9.17, 15) is 9.59 Å². The average molecular weight is 555 g/mol. The van der Waals surface area contributed by atoms with Crippen LogP contribution in [-0.2, 0) is 9.59 Å². The van der Waals surface area contributed by atoms with E-state index in [1.165, 1.54) is 0 Å². The molecule has 0 bridgehead atoms. The lowest BCUT2D eigenvalue weighted by molar-refractivity contribution is -0.119. The number of allylic oxidation sites excluding steroid dienone is 1. The summed E-state index contributed by atoms with van der Waals surface area (Å²) in [4.78, 5) is 30.1. The van der Waals surface area contributed by atoms with Crippen LogP contribution >= 0.6 is 0 Å². The molecule has 7 heteroatoms. The molecule has 2 atom stereocenters. The van der Waals surface area contributed by atoms with Gasteiger partial charge in [-0.3, -0.25) is 14.5 Å². The number of methoxy groups -OCH3 is 3. The molecule has 0 saturated carbocycles. The summed E-state index contributed by atoms with van der Waals surface area (Å²) in [6.07, 6.45) is 4.18. The molecule has 1 N–H and O–H groups in total. The third-order valence-corrected chi connectivity index (χ3v) is 8.06. The van der Waals surface area contributed by atoms with Crippen LogP contribution in [0, 0.1) is 0 Å². The Morgan fingerprint density at radius 2 is 1.61 bits per heavy atom. The SMILES string of the molecule is CCCCCC(=O)N1c2ccccc2NC2=C(C(=O)CC(c3ccc(OC)c(OC)c3)C2)C1c1ccc(OC)cc1. The molecule has 0 saturated heterocycles. The van der Waals surface area contributed by atoms with E-state index in [0.717, 1.165) is 53.2 Å². The Bertz CT molecular complexity index is 1450. The maximum Gasteiger partial charge on any atom is 0.227 e. The van der Waals surface area contributed by atoms with Gasteiger partial charge in [-0.25, -0.2) is 0 Å². The summed E-state index contributed by atoms with van der Waals surface area (Å²) in [5, 5.41) is 3.60. The number of carbonyl (C=O) groups is 2. The summed E-state index contributed by atoms with van der Waals surface area (Å²) in [5.74, 6) is 1.99. The maximum absolute atomic E-state index is 14.2. The molecule has 1 heterocycles. The predicted molar refractivity (Wildman–Crippen MR) is 161 cm³/mol. The highest BCUT2D eigenvalue weighted by Crippen LogP contribution is 2.48. The van der Waals surface area contributed by atoms with E-state index in [1.54, 1.807) is 21.3 Å². The van der Waals surface area contributed by atoms with Crippen LogP contribution < -0.4 is 24.4 Å². The number of hydrogen-bond donors (Lipinski definition) is 1. The molecule has 41 heavy (non-hydrogen) atoms. The van der Waals surface area contributed by atoms with E-state index in [4.69, 9.17) is 14.2 Å². The van der Waals surface area contributed by atoms with E-state index in [-0.39, 0.29) is 17.6 Å². The second kappa shape index (κ2) is 12.5. The predicted octanol–water partition coefficient (Wildman–Crippen LogP) is 7.19. The van der Waals surface area contributed by atoms with E-state index in [1.807, 2.05) is 71.6 Å². The van der Waals surface area contributed by atoms with Gasteiger partial charge in [0.25, 0.3) is 0 Å². The van der Waals surface area contributed by atoms with Gasteiger partial charge in [0.1, 0.15) is 5.75 Å². The molecule has 7 nitrogen and oxygen atoms in total. The fourth-order valence-corrected chi connectivity index (χ4v) is 5.96. The fraction of sp³-hybridized carbons (Fsp3) is 0.353. The summed E-state index contributed by atoms with van der Waals surface area (Å²) < 4.78 is 16.4. The van der Waals surface area contributed by atoms with Gasteiger partial charge in [0.05, 0.1) is 38.7 Å². The number of benzene rings is 3.